The van der Waals surface area contributed by atoms with E-state index in [1.165, 1.54) is 6.42 Å². The van der Waals surface area contributed by atoms with Gasteiger partial charge in [0.25, 0.3) is 11.8 Å². The minimum Gasteiger partial charge on any atom is -0.484 e. The Morgan fingerprint density at radius 1 is 0.857 bits per heavy atom. The molecule has 0 spiro atoms. The lowest BCUT2D eigenvalue weighted by atomic mass is 9.98. The van der Waals surface area contributed by atoms with E-state index in [4.69, 9.17) is 9.84 Å². The van der Waals surface area contributed by atoms with Gasteiger partial charge in [-0.15, -0.1) is 0 Å². The van der Waals surface area contributed by atoms with Gasteiger partial charge in [-0.25, -0.2) is 5.01 Å². The van der Waals surface area contributed by atoms with E-state index in [-0.39, 0.29) is 24.5 Å². The number of rotatable bonds is 6. The van der Waals surface area contributed by atoms with Gasteiger partial charge in [0, 0.05) is 25.1 Å². The fourth-order valence-electron chi connectivity index (χ4n) is 4.67. The van der Waals surface area contributed by atoms with E-state index in [1.54, 1.807) is 17.1 Å². The summed E-state index contributed by atoms with van der Waals surface area (Å²) in [6.07, 6.45) is 3.88. The zero-order valence-electron chi connectivity index (χ0n) is 19.7. The molecule has 0 N–H and O–H groups in total. The summed E-state index contributed by atoms with van der Waals surface area (Å²) in [7, 11) is 0. The van der Waals surface area contributed by atoms with Crippen LogP contribution in [0.2, 0.25) is 0 Å². The van der Waals surface area contributed by atoms with Crippen molar-refractivity contribution in [1.82, 2.24) is 9.91 Å². The Bertz CT molecular complexity index is 1200. The number of carbonyl (C=O) groups excluding carboxylic acids is 2. The fourth-order valence-corrected chi connectivity index (χ4v) is 4.67. The number of hydrazone groups is 1. The molecule has 2 aliphatic heterocycles. The molecule has 35 heavy (non-hydrogen) atoms. The molecule has 0 aromatic heterocycles. The van der Waals surface area contributed by atoms with E-state index < -0.39 is 0 Å². The monoisotopic (exact) mass is 467 g/mol. The average Bonchev–Trinajstić information content (AvgIpc) is 3.39. The van der Waals surface area contributed by atoms with Gasteiger partial charge in [-0.3, -0.25) is 9.59 Å². The van der Waals surface area contributed by atoms with Crippen molar-refractivity contribution in [3.05, 3.63) is 102 Å². The minimum atomic E-state index is -0.265. The molecule has 3 aromatic rings. The van der Waals surface area contributed by atoms with Gasteiger partial charge >= 0.3 is 0 Å². The lowest BCUT2D eigenvalue weighted by Crippen LogP contribution is -2.38. The second-order valence-corrected chi connectivity index (χ2v) is 8.95. The van der Waals surface area contributed by atoms with Crippen LogP contribution < -0.4 is 4.74 Å². The molecule has 1 unspecified atom stereocenters. The van der Waals surface area contributed by atoms with Crippen LogP contribution in [0, 0.1) is 0 Å². The second-order valence-electron chi connectivity index (χ2n) is 8.95. The van der Waals surface area contributed by atoms with E-state index >= 15 is 0 Å². The molecule has 2 heterocycles. The normalized spacial score (nSPS) is 17.7. The van der Waals surface area contributed by atoms with Crippen LogP contribution in [0.5, 0.6) is 5.75 Å². The van der Waals surface area contributed by atoms with Crippen LogP contribution in [0.1, 0.15) is 53.2 Å². The lowest BCUT2D eigenvalue weighted by molar-refractivity contribution is -0.134. The molecule has 1 fully saturated rings. The topological polar surface area (TPSA) is 62.2 Å². The predicted octanol–water partition coefficient (Wildman–Crippen LogP) is 5.07. The van der Waals surface area contributed by atoms with Crippen molar-refractivity contribution in [2.45, 2.75) is 31.7 Å². The highest BCUT2D eigenvalue weighted by Gasteiger charge is 2.34. The first kappa shape index (κ1) is 22.8. The molecule has 3 aromatic carbocycles. The van der Waals surface area contributed by atoms with Gasteiger partial charge in [-0.1, -0.05) is 60.7 Å². The average molecular weight is 468 g/mol. The van der Waals surface area contributed by atoms with Crippen molar-refractivity contribution in [3.8, 4) is 5.75 Å². The van der Waals surface area contributed by atoms with Crippen LogP contribution in [-0.2, 0) is 4.79 Å². The van der Waals surface area contributed by atoms with Crippen molar-refractivity contribution >= 4 is 17.5 Å². The summed E-state index contributed by atoms with van der Waals surface area (Å²) < 4.78 is 5.88. The molecule has 6 nitrogen and oxygen atoms in total. The second kappa shape index (κ2) is 10.6. The maximum absolute atomic E-state index is 13.4. The standard InChI is InChI=1S/C29H29N3O3/c33-28(31-17-8-3-9-18-31)21-35-25-16-10-15-24(19-25)27-20-26(22-11-4-1-5-12-22)30-32(27)29(34)23-13-6-2-7-14-23/h1-2,4-7,10-16,19,27H,3,8-9,17-18,20-21H2. The highest BCUT2D eigenvalue weighted by molar-refractivity contribution is 6.05. The third-order valence-corrected chi connectivity index (χ3v) is 6.56. The molecule has 1 atom stereocenters. The van der Waals surface area contributed by atoms with Crippen LogP contribution in [0.25, 0.3) is 0 Å². The summed E-state index contributed by atoms with van der Waals surface area (Å²) >= 11 is 0. The Balaban J connectivity index is 1.37. The number of ether oxygens (including phenoxy) is 1. The summed E-state index contributed by atoms with van der Waals surface area (Å²) in [5, 5.41) is 6.34. The van der Waals surface area contributed by atoms with Crippen molar-refractivity contribution in [2.75, 3.05) is 19.7 Å². The van der Waals surface area contributed by atoms with Crippen molar-refractivity contribution < 1.29 is 14.3 Å². The number of likely N-dealkylation sites (tertiary alicyclic amines) is 1. The number of nitrogens with zero attached hydrogens (tertiary/aromatic N) is 3. The number of hydrogen-bond acceptors (Lipinski definition) is 4. The third kappa shape index (κ3) is 5.27. The Hall–Kier alpha value is -3.93. The SMILES string of the molecule is O=C(COc1cccc(C2CC(c3ccccc3)=NN2C(=O)c2ccccc2)c1)N1CCCCC1. The van der Waals surface area contributed by atoms with Crippen LogP contribution in [0.15, 0.2) is 90.0 Å². The van der Waals surface area contributed by atoms with Gasteiger partial charge in [0.2, 0.25) is 0 Å². The van der Waals surface area contributed by atoms with Gasteiger partial charge < -0.3 is 9.64 Å². The minimum absolute atomic E-state index is 0.0200. The van der Waals surface area contributed by atoms with Gasteiger partial charge in [0.05, 0.1) is 11.8 Å². The first-order valence-corrected chi connectivity index (χ1v) is 12.2. The van der Waals surface area contributed by atoms with Gasteiger partial charge in [0.15, 0.2) is 6.61 Å². The first-order chi connectivity index (χ1) is 17.2. The Kier molecular flexibility index (Phi) is 6.89. The molecule has 2 aliphatic rings. The zero-order chi connectivity index (χ0) is 24.0. The van der Waals surface area contributed by atoms with E-state index in [0.29, 0.717) is 17.7 Å². The summed E-state index contributed by atoms with van der Waals surface area (Å²) in [4.78, 5) is 27.8. The third-order valence-electron chi connectivity index (χ3n) is 6.56. The van der Waals surface area contributed by atoms with E-state index in [0.717, 1.165) is 42.8 Å². The molecule has 178 valence electrons. The molecule has 0 saturated carbocycles. The van der Waals surface area contributed by atoms with E-state index in [9.17, 15) is 9.59 Å². The highest BCUT2D eigenvalue weighted by atomic mass is 16.5. The van der Waals surface area contributed by atoms with Crippen LogP contribution in [0.3, 0.4) is 0 Å². The van der Waals surface area contributed by atoms with E-state index in [1.807, 2.05) is 77.7 Å². The number of carbonyl (C=O) groups is 2. The summed E-state index contributed by atoms with van der Waals surface area (Å²) in [6.45, 7) is 1.63. The summed E-state index contributed by atoms with van der Waals surface area (Å²) in [5.41, 5.74) is 3.38. The molecule has 2 amide bonds. The first-order valence-electron chi connectivity index (χ1n) is 12.2. The number of hydrogen-bond donors (Lipinski definition) is 0. The van der Waals surface area contributed by atoms with Crippen molar-refractivity contribution in [1.29, 1.82) is 0 Å². The van der Waals surface area contributed by atoms with Crippen LogP contribution in [0.4, 0.5) is 0 Å². The van der Waals surface area contributed by atoms with E-state index in [2.05, 4.69) is 0 Å². The zero-order valence-corrected chi connectivity index (χ0v) is 19.7. The van der Waals surface area contributed by atoms with Gasteiger partial charge in [-0.05, 0) is 54.7 Å². The number of piperidine rings is 1. The maximum atomic E-state index is 13.4. The Labute approximate surface area is 205 Å². The molecular formula is C29H29N3O3. The molecular weight excluding hydrogens is 438 g/mol. The summed E-state index contributed by atoms with van der Waals surface area (Å²) in [6, 6.07) is 26.6. The Morgan fingerprint density at radius 2 is 1.57 bits per heavy atom. The van der Waals surface area contributed by atoms with Gasteiger partial charge in [0.1, 0.15) is 5.75 Å². The smallest absolute Gasteiger partial charge is 0.274 e. The number of amides is 2. The fraction of sp³-hybridized carbons (Fsp3) is 0.276. The largest absolute Gasteiger partial charge is 0.484 e. The van der Waals surface area contributed by atoms with Crippen LogP contribution in [-0.4, -0.2) is 47.1 Å². The predicted molar refractivity (Wildman–Crippen MR) is 135 cm³/mol. The Morgan fingerprint density at radius 3 is 2.31 bits per heavy atom. The lowest BCUT2D eigenvalue weighted by Gasteiger charge is -2.26. The molecule has 0 radical (unpaired) electrons. The highest BCUT2D eigenvalue weighted by Crippen LogP contribution is 2.35. The molecule has 0 bridgehead atoms. The van der Waals surface area contributed by atoms with Crippen molar-refractivity contribution in [3.63, 3.8) is 0 Å². The molecule has 1 saturated heterocycles. The quantitative estimate of drug-likeness (QED) is 0.509. The maximum Gasteiger partial charge on any atom is 0.274 e. The molecule has 0 aliphatic carbocycles. The summed E-state index contributed by atoms with van der Waals surface area (Å²) in [5.74, 6) is 0.493. The molecule has 6 heteroatoms. The molecule has 5 rings (SSSR count). The van der Waals surface area contributed by atoms with Crippen LogP contribution >= 0.6 is 0 Å². The number of benzene rings is 3. The van der Waals surface area contributed by atoms with Gasteiger partial charge in [-0.2, -0.15) is 5.10 Å². The van der Waals surface area contributed by atoms with Crippen molar-refractivity contribution in [2.24, 2.45) is 5.10 Å².